The van der Waals surface area contributed by atoms with Crippen molar-refractivity contribution in [2.45, 2.75) is 13.3 Å². The molecule has 82 valence electrons. The lowest BCUT2D eigenvalue weighted by molar-refractivity contribution is 0.415. The summed E-state index contributed by atoms with van der Waals surface area (Å²) in [4.78, 5) is 0. The van der Waals surface area contributed by atoms with Gasteiger partial charge in [-0.05, 0) is 35.2 Å². The molecule has 0 aliphatic carbocycles. The Balaban J connectivity index is 2.41. The van der Waals surface area contributed by atoms with Crippen LogP contribution in [0.2, 0.25) is 0 Å². The van der Waals surface area contributed by atoms with Gasteiger partial charge >= 0.3 is 0 Å². The summed E-state index contributed by atoms with van der Waals surface area (Å²) in [5, 5.41) is 0. The van der Waals surface area contributed by atoms with E-state index >= 15 is 0 Å². The van der Waals surface area contributed by atoms with E-state index in [2.05, 4.69) is 43.3 Å². The highest BCUT2D eigenvalue weighted by atomic mass is 16.5. The lowest BCUT2D eigenvalue weighted by Crippen LogP contribution is -1.85. The number of benzene rings is 2. The Morgan fingerprint density at radius 1 is 0.938 bits per heavy atom. The van der Waals surface area contributed by atoms with Crippen LogP contribution in [0.3, 0.4) is 0 Å². The first-order valence-corrected chi connectivity index (χ1v) is 5.57. The Morgan fingerprint density at radius 2 is 1.62 bits per heavy atom. The van der Waals surface area contributed by atoms with Gasteiger partial charge in [0.1, 0.15) is 5.75 Å². The highest BCUT2D eigenvalue weighted by molar-refractivity contribution is 5.65. The second-order valence-corrected chi connectivity index (χ2v) is 3.79. The van der Waals surface area contributed by atoms with E-state index in [1.807, 2.05) is 12.1 Å². The number of rotatable bonds is 3. The van der Waals surface area contributed by atoms with Gasteiger partial charge in [0.2, 0.25) is 0 Å². The molecule has 0 unspecified atom stereocenters. The molecule has 0 spiro atoms. The number of hydrogen-bond acceptors (Lipinski definition) is 1. The fourth-order valence-corrected chi connectivity index (χ4v) is 1.77. The molecule has 0 atom stereocenters. The van der Waals surface area contributed by atoms with Crippen molar-refractivity contribution in [3.8, 4) is 16.9 Å². The van der Waals surface area contributed by atoms with Crippen LogP contribution in [-0.2, 0) is 6.42 Å². The summed E-state index contributed by atoms with van der Waals surface area (Å²) in [6.45, 7) is 2.17. The predicted octanol–water partition coefficient (Wildman–Crippen LogP) is 3.92. The average Bonchev–Trinajstić information content (AvgIpc) is 2.39. The van der Waals surface area contributed by atoms with Crippen LogP contribution in [0.1, 0.15) is 12.5 Å². The summed E-state index contributed by atoms with van der Waals surface area (Å²) in [7, 11) is 1.70. The second-order valence-electron chi connectivity index (χ2n) is 3.79. The molecule has 2 rings (SSSR count). The van der Waals surface area contributed by atoms with Crippen molar-refractivity contribution >= 4 is 0 Å². The molecular weight excluding hydrogens is 196 g/mol. The SMILES string of the molecule is CCc1cccc(-c2cccc(OC)c2)c1. The van der Waals surface area contributed by atoms with Gasteiger partial charge in [0.05, 0.1) is 7.11 Å². The molecule has 16 heavy (non-hydrogen) atoms. The molecule has 0 aliphatic heterocycles. The van der Waals surface area contributed by atoms with Crippen LogP contribution in [0, 0.1) is 0 Å². The summed E-state index contributed by atoms with van der Waals surface area (Å²) in [6, 6.07) is 16.8. The van der Waals surface area contributed by atoms with E-state index in [0.717, 1.165) is 12.2 Å². The van der Waals surface area contributed by atoms with Crippen LogP contribution >= 0.6 is 0 Å². The first-order valence-electron chi connectivity index (χ1n) is 5.57. The van der Waals surface area contributed by atoms with Crippen LogP contribution in [0.5, 0.6) is 5.75 Å². The van der Waals surface area contributed by atoms with E-state index in [1.165, 1.54) is 16.7 Å². The van der Waals surface area contributed by atoms with Crippen molar-refractivity contribution in [3.05, 3.63) is 54.1 Å². The monoisotopic (exact) mass is 212 g/mol. The quantitative estimate of drug-likeness (QED) is 0.749. The highest BCUT2D eigenvalue weighted by Gasteiger charge is 1.99. The predicted molar refractivity (Wildman–Crippen MR) is 67.8 cm³/mol. The van der Waals surface area contributed by atoms with Gasteiger partial charge in [0.25, 0.3) is 0 Å². The van der Waals surface area contributed by atoms with E-state index < -0.39 is 0 Å². The zero-order valence-electron chi connectivity index (χ0n) is 9.73. The molecule has 0 aromatic heterocycles. The number of hydrogen-bond donors (Lipinski definition) is 0. The molecule has 2 aromatic carbocycles. The van der Waals surface area contributed by atoms with Crippen LogP contribution in [0.15, 0.2) is 48.5 Å². The van der Waals surface area contributed by atoms with Crippen molar-refractivity contribution < 1.29 is 4.74 Å². The second kappa shape index (κ2) is 4.84. The normalized spacial score (nSPS) is 10.1. The Bertz CT molecular complexity index is 429. The van der Waals surface area contributed by atoms with Gasteiger partial charge in [0, 0.05) is 0 Å². The Morgan fingerprint density at radius 3 is 2.31 bits per heavy atom. The summed E-state index contributed by atoms with van der Waals surface area (Å²) < 4.78 is 5.23. The molecule has 0 N–H and O–H groups in total. The summed E-state index contributed by atoms with van der Waals surface area (Å²) in [5.74, 6) is 0.902. The third-order valence-electron chi connectivity index (χ3n) is 2.74. The van der Waals surface area contributed by atoms with Crippen LogP contribution < -0.4 is 4.74 Å². The maximum absolute atomic E-state index is 5.23. The van der Waals surface area contributed by atoms with Crippen molar-refractivity contribution in [1.29, 1.82) is 0 Å². The van der Waals surface area contributed by atoms with E-state index in [4.69, 9.17) is 4.74 Å². The topological polar surface area (TPSA) is 9.23 Å². The van der Waals surface area contributed by atoms with E-state index in [9.17, 15) is 0 Å². The zero-order valence-corrected chi connectivity index (χ0v) is 9.73. The van der Waals surface area contributed by atoms with Crippen molar-refractivity contribution in [3.63, 3.8) is 0 Å². The molecule has 0 amide bonds. The largest absolute Gasteiger partial charge is 0.497 e. The minimum atomic E-state index is 0.902. The van der Waals surface area contributed by atoms with Gasteiger partial charge in [-0.3, -0.25) is 0 Å². The van der Waals surface area contributed by atoms with Gasteiger partial charge in [0.15, 0.2) is 0 Å². The third kappa shape index (κ3) is 2.25. The molecule has 0 bridgehead atoms. The molecule has 0 radical (unpaired) electrons. The van der Waals surface area contributed by atoms with Gasteiger partial charge in [-0.1, -0.05) is 43.3 Å². The minimum absolute atomic E-state index is 0.902. The maximum Gasteiger partial charge on any atom is 0.119 e. The van der Waals surface area contributed by atoms with E-state index in [0.29, 0.717) is 0 Å². The molecule has 1 heteroatoms. The Hall–Kier alpha value is -1.76. The molecule has 0 saturated heterocycles. The van der Waals surface area contributed by atoms with E-state index in [-0.39, 0.29) is 0 Å². The fraction of sp³-hybridized carbons (Fsp3) is 0.200. The maximum atomic E-state index is 5.23. The first-order chi connectivity index (χ1) is 7.83. The van der Waals surface area contributed by atoms with Crippen molar-refractivity contribution in [2.24, 2.45) is 0 Å². The Kier molecular flexibility index (Phi) is 3.25. The molecule has 0 aliphatic rings. The highest BCUT2D eigenvalue weighted by Crippen LogP contribution is 2.24. The number of ether oxygens (including phenoxy) is 1. The lowest BCUT2D eigenvalue weighted by atomic mass is 10.0. The van der Waals surface area contributed by atoms with Crippen molar-refractivity contribution in [1.82, 2.24) is 0 Å². The van der Waals surface area contributed by atoms with Crippen LogP contribution in [-0.4, -0.2) is 7.11 Å². The standard InChI is InChI=1S/C15H16O/c1-3-12-6-4-7-13(10-12)14-8-5-9-15(11-14)16-2/h4-11H,3H2,1-2H3. The van der Waals surface area contributed by atoms with Gasteiger partial charge < -0.3 is 4.74 Å². The summed E-state index contributed by atoms with van der Waals surface area (Å²) in [5.41, 5.74) is 3.81. The fourth-order valence-electron chi connectivity index (χ4n) is 1.77. The van der Waals surface area contributed by atoms with E-state index in [1.54, 1.807) is 7.11 Å². The summed E-state index contributed by atoms with van der Waals surface area (Å²) >= 11 is 0. The smallest absolute Gasteiger partial charge is 0.119 e. The summed E-state index contributed by atoms with van der Waals surface area (Å²) in [6.07, 6.45) is 1.07. The number of aryl methyl sites for hydroxylation is 1. The molecule has 2 aromatic rings. The minimum Gasteiger partial charge on any atom is -0.497 e. The first kappa shape index (κ1) is 10.7. The third-order valence-corrected chi connectivity index (χ3v) is 2.74. The average molecular weight is 212 g/mol. The van der Waals surface area contributed by atoms with Crippen molar-refractivity contribution in [2.75, 3.05) is 7.11 Å². The molecule has 1 nitrogen and oxygen atoms in total. The molecule has 0 heterocycles. The Labute approximate surface area is 96.7 Å². The van der Waals surface area contributed by atoms with Gasteiger partial charge in [-0.25, -0.2) is 0 Å². The number of methoxy groups -OCH3 is 1. The lowest BCUT2D eigenvalue weighted by Gasteiger charge is -2.06. The van der Waals surface area contributed by atoms with Crippen LogP contribution in [0.4, 0.5) is 0 Å². The van der Waals surface area contributed by atoms with Gasteiger partial charge in [-0.15, -0.1) is 0 Å². The zero-order chi connectivity index (χ0) is 11.4. The molecule has 0 fully saturated rings. The van der Waals surface area contributed by atoms with Crippen LogP contribution in [0.25, 0.3) is 11.1 Å². The molecular formula is C15H16O. The molecule has 0 saturated carbocycles. The van der Waals surface area contributed by atoms with Gasteiger partial charge in [-0.2, -0.15) is 0 Å².